The number of rotatable bonds is 5. The van der Waals surface area contributed by atoms with Gasteiger partial charge in [0.2, 0.25) is 0 Å². The molecule has 198 valence electrons. The van der Waals surface area contributed by atoms with Gasteiger partial charge in [0.1, 0.15) is 35.7 Å². The molecule has 10 heteroatoms. The number of fused-ring (bicyclic) bond motifs is 6. The number of benzene rings is 2. The lowest BCUT2D eigenvalue weighted by atomic mass is 10.0. The van der Waals surface area contributed by atoms with Gasteiger partial charge in [-0.2, -0.15) is 0 Å². The fraction of sp³-hybridized carbons (Fsp3) is 0.207. The van der Waals surface area contributed by atoms with E-state index in [1.165, 1.54) is 13.2 Å². The maximum Gasteiger partial charge on any atom is 0.255 e. The normalized spacial score (nSPS) is 12.7. The number of anilines is 1. The molecule has 39 heavy (non-hydrogen) atoms. The third kappa shape index (κ3) is 3.79. The van der Waals surface area contributed by atoms with E-state index in [2.05, 4.69) is 10.5 Å². The van der Waals surface area contributed by atoms with E-state index in [1.807, 2.05) is 60.0 Å². The summed E-state index contributed by atoms with van der Waals surface area (Å²) in [6.07, 6.45) is 0. The summed E-state index contributed by atoms with van der Waals surface area (Å²) >= 11 is 0. The Morgan fingerprint density at radius 2 is 2.00 bits per heavy atom. The molecular formula is C29H26FN5O4. The van der Waals surface area contributed by atoms with Crippen molar-refractivity contribution in [1.29, 1.82) is 0 Å². The Bertz CT molecular complexity index is 1820. The highest BCUT2D eigenvalue weighted by Crippen LogP contribution is 2.42. The number of nitrogens with one attached hydrogen (secondary N) is 1. The highest BCUT2D eigenvalue weighted by Gasteiger charge is 2.27. The number of amides is 1. The zero-order valence-corrected chi connectivity index (χ0v) is 22.1. The molecule has 1 amide bonds. The summed E-state index contributed by atoms with van der Waals surface area (Å²) in [6.45, 7) is 1.98. The van der Waals surface area contributed by atoms with E-state index in [0.29, 0.717) is 50.5 Å². The Kier molecular flexibility index (Phi) is 5.75. The van der Waals surface area contributed by atoms with Crippen molar-refractivity contribution < 1.29 is 23.2 Å². The van der Waals surface area contributed by atoms with E-state index >= 15 is 0 Å². The standard InChI is InChI=1S/C29H26FN5O4/c1-15(33-37-5)28-26(29(36)31-2)18-11-17(22(34(3)4)13-25(18)39-28)20-9-10-24-27(32-20)23-12-16-19(30)7-6-8-21(16)35(23)14-38-24/h6-13H,14H2,1-5H3,(H,31,36)/b33-15+. The zero-order valence-electron chi connectivity index (χ0n) is 22.1. The molecule has 0 atom stereocenters. The Morgan fingerprint density at radius 1 is 1.18 bits per heavy atom. The number of furan rings is 1. The average molecular weight is 528 g/mol. The first-order valence-electron chi connectivity index (χ1n) is 12.3. The molecule has 0 fully saturated rings. The first kappa shape index (κ1) is 24.5. The summed E-state index contributed by atoms with van der Waals surface area (Å²) in [4.78, 5) is 24.9. The zero-order chi connectivity index (χ0) is 27.4. The van der Waals surface area contributed by atoms with Crippen molar-refractivity contribution in [2.75, 3.05) is 33.2 Å². The number of ether oxygens (including phenoxy) is 1. The molecular weight excluding hydrogens is 501 g/mol. The van der Waals surface area contributed by atoms with Gasteiger partial charge in [0.05, 0.1) is 22.5 Å². The lowest BCUT2D eigenvalue weighted by Crippen LogP contribution is -2.20. The minimum atomic E-state index is -0.309. The second kappa shape index (κ2) is 9.16. The van der Waals surface area contributed by atoms with Crippen molar-refractivity contribution in [3.63, 3.8) is 0 Å². The van der Waals surface area contributed by atoms with Gasteiger partial charge < -0.3 is 28.8 Å². The third-order valence-corrected chi connectivity index (χ3v) is 6.92. The number of carbonyl (C=O) groups excluding carboxylic acids is 1. The lowest BCUT2D eigenvalue weighted by molar-refractivity contribution is 0.0963. The largest absolute Gasteiger partial charge is 0.470 e. The van der Waals surface area contributed by atoms with Crippen molar-refractivity contribution in [1.82, 2.24) is 14.9 Å². The predicted octanol–water partition coefficient (Wildman–Crippen LogP) is 5.40. The molecule has 0 bridgehead atoms. The molecule has 0 unspecified atom stereocenters. The van der Waals surface area contributed by atoms with Crippen molar-refractivity contribution in [2.45, 2.75) is 13.7 Å². The molecule has 3 aromatic heterocycles. The van der Waals surface area contributed by atoms with Crippen LogP contribution in [-0.2, 0) is 11.6 Å². The summed E-state index contributed by atoms with van der Waals surface area (Å²) in [5, 5.41) is 7.80. The second-order valence-corrected chi connectivity index (χ2v) is 9.45. The molecule has 0 spiro atoms. The monoisotopic (exact) mass is 527 g/mol. The SMILES string of the molecule is CNC(=O)c1c(/C(C)=N/OC)oc2cc(N(C)C)c(-c3ccc4c(n3)-c3cc5c(F)cccc5n3CO4)cc12. The van der Waals surface area contributed by atoms with E-state index in [-0.39, 0.29) is 18.5 Å². The minimum absolute atomic E-state index is 0.265. The predicted molar refractivity (Wildman–Crippen MR) is 148 cm³/mol. The van der Waals surface area contributed by atoms with Gasteiger partial charge in [-0.25, -0.2) is 9.37 Å². The maximum atomic E-state index is 14.6. The first-order chi connectivity index (χ1) is 18.8. The average Bonchev–Trinajstić information content (AvgIpc) is 3.51. The van der Waals surface area contributed by atoms with E-state index in [4.69, 9.17) is 19.0 Å². The van der Waals surface area contributed by atoms with Gasteiger partial charge in [0, 0.05) is 49.2 Å². The van der Waals surface area contributed by atoms with Crippen molar-refractivity contribution in [3.05, 3.63) is 65.7 Å². The molecule has 6 rings (SSSR count). The topological polar surface area (TPSA) is 94.1 Å². The quantitative estimate of drug-likeness (QED) is 0.243. The van der Waals surface area contributed by atoms with E-state index in [1.54, 1.807) is 20.0 Å². The van der Waals surface area contributed by atoms with Crippen LogP contribution in [0.3, 0.4) is 0 Å². The van der Waals surface area contributed by atoms with Gasteiger partial charge in [-0.05, 0) is 43.3 Å². The number of nitrogens with zero attached hydrogens (tertiary/aromatic N) is 4. The first-order valence-corrected chi connectivity index (χ1v) is 12.3. The summed E-state index contributed by atoms with van der Waals surface area (Å²) in [7, 11) is 6.85. The molecule has 0 aliphatic carbocycles. The molecule has 2 aromatic carbocycles. The molecule has 0 radical (unpaired) electrons. The van der Waals surface area contributed by atoms with Crippen LogP contribution in [0.4, 0.5) is 10.1 Å². The number of pyridine rings is 1. The fourth-order valence-corrected chi connectivity index (χ4v) is 5.10. The molecule has 9 nitrogen and oxygen atoms in total. The maximum absolute atomic E-state index is 14.6. The number of hydrogen-bond donors (Lipinski definition) is 1. The van der Waals surface area contributed by atoms with E-state index in [0.717, 1.165) is 22.5 Å². The molecule has 1 aliphatic rings. The molecule has 0 saturated carbocycles. The molecule has 1 N–H and O–H groups in total. The third-order valence-electron chi connectivity index (χ3n) is 6.92. The summed E-state index contributed by atoms with van der Waals surface area (Å²) < 4.78 is 28.6. The molecule has 0 saturated heterocycles. The molecule has 4 heterocycles. The Balaban J connectivity index is 1.59. The van der Waals surface area contributed by atoms with Crippen LogP contribution >= 0.6 is 0 Å². The van der Waals surface area contributed by atoms with Gasteiger partial charge in [-0.3, -0.25) is 4.79 Å². The van der Waals surface area contributed by atoms with E-state index in [9.17, 15) is 9.18 Å². The van der Waals surface area contributed by atoms with Crippen LogP contribution < -0.4 is 15.0 Å². The number of hydrogen-bond acceptors (Lipinski definition) is 7. The Hall–Kier alpha value is -4.86. The number of aromatic nitrogens is 2. The van der Waals surface area contributed by atoms with Gasteiger partial charge in [-0.15, -0.1) is 0 Å². The summed E-state index contributed by atoms with van der Waals surface area (Å²) in [5.41, 5.74) is 5.73. The Labute approximate surface area is 223 Å². The van der Waals surface area contributed by atoms with Gasteiger partial charge in [-0.1, -0.05) is 11.2 Å². The van der Waals surface area contributed by atoms with E-state index < -0.39 is 0 Å². The number of oxime groups is 1. The van der Waals surface area contributed by atoms with Crippen LogP contribution in [0.5, 0.6) is 5.75 Å². The van der Waals surface area contributed by atoms with Crippen LogP contribution in [-0.4, -0.2) is 49.4 Å². The van der Waals surface area contributed by atoms with Gasteiger partial charge in [0.25, 0.3) is 5.91 Å². The van der Waals surface area contributed by atoms with Crippen molar-refractivity contribution in [3.8, 4) is 28.4 Å². The lowest BCUT2D eigenvalue weighted by Gasteiger charge is -2.22. The van der Waals surface area contributed by atoms with Crippen molar-refractivity contribution in [2.24, 2.45) is 5.16 Å². The summed E-state index contributed by atoms with van der Waals surface area (Å²) in [5.74, 6) is 0.338. The summed E-state index contributed by atoms with van der Waals surface area (Å²) in [6, 6.07) is 14.3. The van der Waals surface area contributed by atoms with Crippen LogP contribution in [0.15, 0.2) is 58.1 Å². The highest BCUT2D eigenvalue weighted by atomic mass is 19.1. The molecule has 1 aliphatic heterocycles. The number of carbonyl (C=O) groups is 1. The van der Waals surface area contributed by atoms with Crippen LogP contribution in [0.25, 0.3) is 44.5 Å². The Morgan fingerprint density at radius 3 is 2.74 bits per heavy atom. The second-order valence-electron chi connectivity index (χ2n) is 9.45. The van der Waals surface area contributed by atoms with Crippen molar-refractivity contribution >= 4 is 39.2 Å². The molecule has 5 aromatic rings. The smallest absolute Gasteiger partial charge is 0.255 e. The van der Waals surface area contributed by atoms with Crippen LogP contribution in [0.2, 0.25) is 0 Å². The number of halogens is 1. The fourth-order valence-electron chi connectivity index (χ4n) is 5.10. The van der Waals surface area contributed by atoms with Gasteiger partial charge in [0.15, 0.2) is 12.5 Å². The van der Waals surface area contributed by atoms with Gasteiger partial charge >= 0.3 is 0 Å². The van der Waals surface area contributed by atoms with Crippen LogP contribution in [0.1, 0.15) is 23.0 Å². The van der Waals surface area contributed by atoms with Crippen LogP contribution in [0, 0.1) is 5.82 Å². The highest BCUT2D eigenvalue weighted by molar-refractivity contribution is 6.16. The minimum Gasteiger partial charge on any atom is -0.470 e.